The lowest BCUT2D eigenvalue weighted by Gasteiger charge is -2.38. The van der Waals surface area contributed by atoms with Crippen LogP contribution in [0.5, 0.6) is 0 Å². The van der Waals surface area contributed by atoms with Crippen molar-refractivity contribution in [1.82, 2.24) is 4.57 Å². The summed E-state index contributed by atoms with van der Waals surface area (Å²) in [7, 11) is -0.137. The molecule has 1 fully saturated rings. The van der Waals surface area contributed by atoms with Crippen LogP contribution in [-0.2, 0) is 17.1 Å². The van der Waals surface area contributed by atoms with Crippen molar-refractivity contribution in [1.29, 1.82) is 0 Å². The number of fused-ring (bicyclic) bond motifs is 2. The van der Waals surface area contributed by atoms with Crippen molar-refractivity contribution in [2.45, 2.75) is 24.3 Å². The van der Waals surface area contributed by atoms with Crippen molar-refractivity contribution >= 4 is 43.7 Å². The maximum absolute atomic E-state index is 12.8. The number of aryl methyl sites for hydroxylation is 2. The topological polar surface area (TPSA) is 112 Å². The highest BCUT2D eigenvalue weighted by molar-refractivity contribution is 7.89. The van der Waals surface area contributed by atoms with Crippen molar-refractivity contribution < 1.29 is 13.5 Å². The third-order valence-corrected chi connectivity index (χ3v) is 7.85. The van der Waals surface area contributed by atoms with Crippen LogP contribution in [0.4, 0.5) is 22.7 Å². The Balaban J connectivity index is 1.78. The van der Waals surface area contributed by atoms with E-state index in [9.17, 15) is 18.3 Å². The monoisotopic (exact) mass is 483 g/mol. The van der Waals surface area contributed by atoms with E-state index in [0.717, 1.165) is 46.7 Å². The average Bonchev–Trinajstić information content (AvgIpc) is 3.23. The quantitative estimate of drug-likeness (QED) is 0.583. The number of nitrogens with two attached hydrogens (primary N) is 1. The van der Waals surface area contributed by atoms with Gasteiger partial charge in [0.1, 0.15) is 0 Å². The van der Waals surface area contributed by atoms with Gasteiger partial charge in [0.2, 0.25) is 10.0 Å². The Morgan fingerprint density at radius 1 is 1.00 bits per heavy atom. The summed E-state index contributed by atoms with van der Waals surface area (Å²) in [6.07, 6.45) is 0.303. The van der Waals surface area contributed by atoms with Crippen molar-refractivity contribution in [2.24, 2.45) is 12.2 Å². The second-order valence-corrected chi connectivity index (χ2v) is 10.8. The molecule has 1 saturated heterocycles. The average molecular weight is 484 g/mol. The Morgan fingerprint density at radius 2 is 1.76 bits per heavy atom. The van der Waals surface area contributed by atoms with Crippen molar-refractivity contribution in [3.63, 3.8) is 0 Å². The molecule has 2 aliphatic heterocycles. The summed E-state index contributed by atoms with van der Waals surface area (Å²) in [6, 6.07) is 10.9. The van der Waals surface area contributed by atoms with Crippen LogP contribution in [0.2, 0.25) is 0 Å². The van der Waals surface area contributed by atoms with E-state index >= 15 is 0 Å². The van der Waals surface area contributed by atoms with E-state index in [1.54, 1.807) is 30.7 Å². The highest BCUT2D eigenvalue weighted by atomic mass is 32.2. The van der Waals surface area contributed by atoms with Gasteiger partial charge in [0.15, 0.2) is 0 Å². The van der Waals surface area contributed by atoms with Crippen LogP contribution < -0.4 is 25.4 Å². The normalized spacial score (nSPS) is 18.6. The molecular formula is C24H29N5O4S. The molecule has 2 aromatic carbocycles. The van der Waals surface area contributed by atoms with Gasteiger partial charge in [-0.3, -0.25) is 4.79 Å². The van der Waals surface area contributed by atoms with Crippen LogP contribution in [-0.4, -0.2) is 57.4 Å². The molecule has 3 aromatic rings. The number of sulfonamides is 1. The molecule has 0 saturated carbocycles. The summed E-state index contributed by atoms with van der Waals surface area (Å²) in [5.41, 5.74) is 4.80. The molecule has 2 aliphatic rings. The molecule has 3 heterocycles. The summed E-state index contributed by atoms with van der Waals surface area (Å²) in [4.78, 5) is 19.1. The number of aliphatic hydroxyl groups excluding tert-OH is 1. The smallest absolute Gasteiger partial charge is 0.253 e. The van der Waals surface area contributed by atoms with Gasteiger partial charge in [-0.15, -0.1) is 0 Å². The zero-order chi connectivity index (χ0) is 24.4. The standard InChI is InChI=1S/C24H29N5O4S/c1-15-10-19-21(27(3)24(15)31)11-16(28-7-6-17(30)14-28)12-22(19)29-9-8-26(2)20-5-4-18(13-23(20)29)34(25,32)33/h4-5,10-13,17,30H,6-9,14H2,1-3H3,(H2,25,32,33). The minimum atomic E-state index is -3.87. The van der Waals surface area contributed by atoms with E-state index in [1.807, 2.05) is 19.2 Å². The van der Waals surface area contributed by atoms with E-state index in [4.69, 9.17) is 5.14 Å². The number of anilines is 4. The molecule has 34 heavy (non-hydrogen) atoms. The SMILES string of the molecule is Cc1cc2c(N3CCN(C)c4ccc(S(N)(=O)=O)cc43)cc(N3CCC(O)C3)cc2n(C)c1=O. The summed E-state index contributed by atoms with van der Waals surface area (Å²) >= 11 is 0. The molecule has 0 spiro atoms. The minimum absolute atomic E-state index is 0.0539. The van der Waals surface area contributed by atoms with Crippen molar-refractivity contribution in [3.05, 3.63) is 52.3 Å². The lowest BCUT2D eigenvalue weighted by Crippen LogP contribution is -2.37. The number of hydrogen-bond donors (Lipinski definition) is 2. The fraction of sp³-hybridized carbons (Fsp3) is 0.375. The fourth-order valence-corrected chi connectivity index (χ4v) is 5.56. The Morgan fingerprint density at radius 3 is 2.44 bits per heavy atom. The molecule has 180 valence electrons. The first-order chi connectivity index (χ1) is 16.0. The van der Waals surface area contributed by atoms with E-state index < -0.39 is 10.0 Å². The van der Waals surface area contributed by atoms with Gasteiger partial charge in [0.05, 0.1) is 33.6 Å². The number of pyridine rings is 1. The summed E-state index contributed by atoms with van der Waals surface area (Å²) in [5, 5.41) is 16.5. The van der Waals surface area contributed by atoms with Crippen LogP contribution in [0.3, 0.4) is 0 Å². The molecule has 1 unspecified atom stereocenters. The maximum atomic E-state index is 12.8. The molecule has 0 radical (unpaired) electrons. The van der Waals surface area contributed by atoms with Gasteiger partial charge in [0, 0.05) is 56.9 Å². The molecule has 9 nitrogen and oxygen atoms in total. The zero-order valence-corrected chi connectivity index (χ0v) is 20.3. The van der Waals surface area contributed by atoms with Crippen LogP contribution in [0.15, 0.2) is 46.1 Å². The van der Waals surface area contributed by atoms with E-state index in [1.165, 1.54) is 6.07 Å². The summed E-state index contributed by atoms with van der Waals surface area (Å²) in [6.45, 7) is 4.41. The van der Waals surface area contributed by atoms with E-state index in [0.29, 0.717) is 25.1 Å². The number of rotatable bonds is 3. The Kier molecular flexibility index (Phi) is 5.34. The van der Waals surface area contributed by atoms with Gasteiger partial charge in [-0.25, -0.2) is 13.6 Å². The van der Waals surface area contributed by atoms with Crippen LogP contribution >= 0.6 is 0 Å². The van der Waals surface area contributed by atoms with Crippen molar-refractivity contribution in [3.8, 4) is 0 Å². The predicted octanol–water partition coefficient (Wildman–Crippen LogP) is 1.65. The van der Waals surface area contributed by atoms with Crippen molar-refractivity contribution in [2.75, 3.05) is 47.9 Å². The Labute approximate surface area is 198 Å². The summed E-state index contributed by atoms with van der Waals surface area (Å²) < 4.78 is 25.9. The van der Waals surface area contributed by atoms with Gasteiger partial charge < -0.3 is 24.4 Å². The first kappa shape index (κ1) is 22.7. The number of likely N-dealkylation sites (N-methyl/N-ethyl adjacent to an activating group) is 1. The largest absolute Gasteiger partial charge is 0.391 e. The van der Waals surface area contributed by atoms with E-state index in [2.05, 4.69) is 20.8 Å². The zero-order valence-electron chi connectivity index (χ0n) is 19.5. The molecule has 3 N–H and O–H groups in total. The van der Waals surface area contributed by atoms with Gasteiger partial charge >= 0.3 is 0 Å². The summed E-state index contributed by atoms with van der Waals surface area (Å²) in [5.74, 6) is 0. The molecule has 1 aromatic heterocycles. The van der Waals surface area contributed by atoms with Gasteiger partial charge in [0.25, 0.3) is 5.56 Å². The molecule has 1 atom stereocenters. The Hall–Kier alpha value is -3.08. The number of hydrogen-bond acceptors (Lipinski definition) is 7. The first-order valence-corrected chi connectivity index (χ1v) is 12.8. The third-order valence-electron chi connectivity index (χ3n) is 6.94. The number of benzene rings is 2. The van der Waals surface area contributed by atoms with Gasteiger partial charge in [-0.1, -0.05) is 0 Å². The predicted molar refractivity (Wildman–Crippen MR) is 135 cm³/mol. The first-order valence-electron chi connectivity index (χ1n) is 11.3. The maximum Gasteiger partial charge on any atom is 0.253 e. The molecule has 0 amide bonds. The second-order valence-electron chi connectivity index (χ2n) is 9.25. The Bertz CT molecular complexity index is 1470. The molecule has 10 heteroatoms. The minimum Gasteiger partial charge on any atom is -0.391 e. The molecule has 0 aliphatic carbocycles. The highest BCUT2D eigenvalue weighted by Crippen LogP contribution is 2.43. The van der Waals surface area contributed by atoms with Crippen LogP contribution in [0.25, 0.3) is 10.9 Å². The number of primary sulfonamides is 1. The van der Waals surface area contributed by atoms with Gasteiger partial charge in [-0.05, 0) is 49.7 Å². The lowest BCUT2D eigenvalue weighted by molar-refractivity contribution is 0.198. The van der Waals surface area contributed by atoms with Crippen LogP contribution in [0.1, 0.15) is 12.0 Å². The molecule has 5 rings (SSSR count). The lowest BCUT2D eigenvalue weighted by atomic mass is 10.1. The van der Waals surface area contributed by atoms with E-state index in [-0.39, 0.29) is 16.6 Å². The number of nitrogens with zero attached hydrogens (tertiary/aromatic N) is 4. The fourth-order valence-electron chi connectivity index (χ4n) is 5.03. The molecular weight excluding hydrogens is 454 g/mol. The van der Waals surface area contributed by atoms with Crippen LogP contribution in [0, 0.1) is 6.92 Å². The number of β-amino-alcohol motifs (C(OH)–C–C–N with tert-alkyl or cyclic N) is 1. The number of aromatic nitrogens is 1. The number of aliphatic hydroxyl groups is 1. The third kappa shape index (κ3) is 3.71. The second kappa shape index (κ2) is 8.00. The molecule has 0 bridgehead atoms. The van der Waals surface area contributed by atoms with Gasteiger partial charge in [-0.2, -0.15) is 0 Å². The highest BCUT2D eigenvalue weighted by Gasteiger charge is 2.28.